The van der Waals surface area contributed by atoms with E-state index in [9.17, 15) is 27.5 Å². The summed E-state index contributed by atoms with van der Waals surface area (Å²) >= 11 is 0. The summed E-state index contributed by atoms with van der Waals surface area (Å²) in [7, 11) is 0. The van der Waals surface area contributed by atoms with Crippen molar-refractivity contribution in [1.82, 2.24) is 14.7 Å². The van der Waals surface area contributed by atoms with Crippen LogP contribution in [-0.2, 0) is 30.2 Å². The van der Waals surface area contributed by atoms with Crippen molar-refractivity contribution in [3.05, 3.63) is 17.0 Å². The molecular weight excluding hydrogens is 362 g/mol. The third-order valence-corrected chi connectivity index (χ3v) is 4.68. The molecule has 0 saturated heterocycles. The Balaban J connectivity index is 1.89. The highest BCUT2D eigenvalue weighted by Crippen LogP contribution is 2.42. The Hall–Kier alpha value is -1.88. The number of hydrogen-bond donors (Lipinski definition) is 2. The van der Waals surface area contributed by atoms with Gasteiger partial charge in [0.25, 0.3) is 12.3 Å². The number of rotatable bonds is 4. The first-order valence-corrected chi connectivity index (χ1v) is 8.14. The standard InChI is InChI=1S/C15H19F4N3O4/c16-11(17)6-26-8-14(25)2-3-15(18,19)12-9-5-21(13(23)24)4-1-10(9)20-22(12)7-14/h11,25H,1-8H2,(H,23,24). The molecule has 2 N–H and O–H groups in total. The van der Waals surface area contributed by atoms with E-state index in [-0.39, 0.29) is 38.0 Å². The van der Waals surface area contributed by atoms with Crippen LogP contribution in [0.25, 0.3) is 0 Å². The Morgan fingerprint density at radius 1 is 1.35 bits per heavy atom. The Morgan fingerprint density at radius 2 is 2.08 bits per heavy atom. The number of carbonyl (C=O) groups is 1. The second kappa shape index (κ2) is 6.69. The summed E-state index contributed by atoms with van der Waals surface area (Å²) in [5.74, 6) is -3.32. The second-order valence-electron chi connectivity index (χ2n) is 6.72. The topological polar surface area (TPSA) is 87.8 Å². The zero-order valence-electron chi connectivity index (χ0n) is 13.8. The normalized spacial score (nSPS) is 24.9. The fourth-order valence-corrected chi connectivity index (χ4v) is 3.44. The molecule has 1 aromatic heterocycles. The molecule has 1 aromatic rings. The lowest BCUT2D eigenvalue weighted by Crippen LogP contribution is -2.39. The van der Waals surface area contributed by atoms with E-state index in [1.165, 1.54) is 0 Å². The molecule has 1 amide bonds. The van der Waals surface area contributed by atoms with Gasteiger partial charge in [-0.05, 0) is 6.42 Å². The summed E-state index contributed by atoms with van der Waals surface area (Å²) in [6.07, 6.45) is -4.81. The van der Waals surface area contributed by atoms with Gasteiger partial charge in [0.1, 0.15) is 17.9 Å². The molecular formula is C15H19F4N3O4. The van der Waals surface area contributed by atoms with E-state index in [4.69, 9.17) is 9.84 Å². The molecule has 2 aliphatic rings. The summed E-state index contributed by atoms with van der Waals surface area (Å²) < 4.78 is 59.6. The highest BCUT2D eigenvalue weighted by atomic mass is 19.3. The molecule has 26 heavy (non-hydrogen) atoms. The summed E-state index contributed by atoms with van der Waals surface area (Å²) in [6, 6.07) is 0. The molecule has 0 radical (unpaired) electrons. The average molecular weight is 381 g/mol. The third-order valence-electron chi connectivity index (χ3n) is 4.68. The number of alkyl halides is 4. The van der Waals surface area contributed by atoms with E-state index in [0.29, 0.717) is 5.69 Å². The van der Waals surface area contributed by atoms with E-state index in [1.54, 1.807) is 0 Å². The molecule has 2 aliphatic heterocycles. The lowest BCUT2D eigenvalue weighted by molar-refractivity contribution is -0.0926. The Bertz CT molecular complexity index is 697. The Morgan fingerprint density at radius 3 is 2.73 bits per heavy atom. The van der Waals surface area contributed by atoms with Gasteiger partial charge in [-0.3, -0.25) is 4.68 Å². The average Bonchev–Trinajstić information content (AvgIpc) is 2.85. The first-order chi connectivity index (χ1) is 12.1. The number of fused-ring (bicyclic) bond motifs is 3. The van der Waals surface area contributed by atoms with Gasteiger partial charge in [0.2, 0.25) is 0 Å². The minimum atomic E-state index is -3.32. The lowest BCUT2D eigenvalue weighted by atomic mass is 9.95. The molecule has 3 rings (SSSR count). The molecule has 0 aliphatic carbocycles. The molecule has 0 bridgehead atoms. The van der Waals surface area contributed by atoms with Crippen molar-refractivity contribution in [2.24, 2.45) is 0 Å². The van der Waals surface area contributed by atoms with Crippen molar-refractivity contribution in [2.75, 3.05) is 19.8 Å². The predicted molar refractivity (Wildman–Crippen MR) is 79.3 cm³/mol. The number of aromatic nitrogens is 2. The fourth-order valence-electron chi connectivity index (χ4n) is 3.44. The number of nitrogens with zero attached hydrogens (tertiary/aromatic N) is 3. The largest absolute Gasteiger partial charge is 0.465 e. The molecule has 7 nitrogen and oxygen atoms in total. The van der Waals surface area contributed by atoms with Gasteiger partial charge in [-0.1, -0.05) is 0 Å². The smallest absolute Gasteiger partial charge is 0.407 e. The zero-order valence-corrected chi connectivity index (χ0v) is 13.8. The van der Waals surface area contributed by atoms with Crippen LogP contribution in [0.2, 0.25) is 0 Å². The zero-order chi connectivity index (χ0) is 19.1. The summed E-state index contributed by atoms with van der Waals surface area (Å²) in [6.45, 7) is -1.80. The van der Waals surface area contributed by atoms with Crippen molar-refractivity contribution in [2.45, 2.75) is 50.3 Å². The van der Waals surface area contributed by atoms with Crippen molar-refractivity contribution >= 4 is 6.09 Å². The molecule has 146 valence electrons. The van der Waals surface area contributed by atoms with Gasteiger partial charge >= 0.3 is 6.09 Å². The lowest BCUT2D eigenvalue weighted by Gasteiger charge is -2.26. The Labute approximate surface area is 146 Å². The maximum Gasteiger partial charge on any atom is 0.407 e. The maximum absolute atomic E-state index is 14.7. The molecule has 1 unspecified atom stereocenters. The summed E-state index contributed by atoms with van der Waals surface area (Å²) in [4.78, 5) is 12.2. The first kappa shape index (κ1) is 18.9. The van der Waals surface area contributed by atoms with Gasteiger partial charge in [-0.25, -0.2) is 13.6 Å². The number of amides is 1. The van der Waals surface area contributed by atoms with Crippen LogP contribution in [0.3, 0.4) is 0 Å². The predicted octanol–water partition coefficient (Wildman–Crippen LogP) is 1.82. The van der Waals surface area contributed by atoms with Crippen molar-refractivity contribution in [1.29, 1.82) is 0 Å². The van der Waals surface area contributed by atoms with Crippen LogP contribution in [0.1, 0.15) is 29.8 Å². The SMILES string of the molecule is O=C(O)N1CCc2nn3c(c2C1)C(F)(F)CCC(O)(COCC(F)F)C3. The van der Waals surface area contributed by atoms with Crippen LogP contribution >= 0.6 is 0 Å². The third kappa shape index (κ3) is 3.63. The Kier molecular flexibility index (Phi) is 4.86. The van der Waals surface area contributed by atoms with Crippen LogP contribution in [-0.4, -0.2) is 62.8 Å². The van der Waals surface area contributed by atoms with Crippen molar-refractivity contribution < 1.29 is 37.3 Å². The van der Waals surface area contributed by atoms with Crippen LogP contribution in [0.4, 0.5) is 22.4 Å². The minimum absolute atomic E-state index is 0.145. The van der Waals surface area contributed by atoms with E-state index in [0.717, 1.165) is 9.58 Å². The molecule has 1 atom stereocenters. The molecule has 0 fully saturated rings. The van der Waals surface area contributed by atoms with Gasteiger partial charge in [0, 0.05) is 24.9 Å². The van der Waals surface area contributed by atoms with Crippen LogP contribution in [0.15, 0.2) is 0 Å². The number of halogens is 4. The quantitative estimate of drug-likeness (QED) is 0.777. The highest BCUT2D eigenvalue weighted by Gasteiger charge is 2.47. The van der Waals surface area contributed by atoms with Crippen LogP contribution in [0.5, 0.6) is 0 Å². The maximum atomic E-state index is 14.7. The van der Waals surface area contributed by atoms with Crippen LogP contribution in [0, 0.1) is 0 Å². The number of hydrogen-bond acceptors (Lipinski definition) is 4. The van der Waals surface area contributed by atoms with E-state index in [2.05, 4.69) is 5.10 Å². The number of aliphatic hydroxyl groups is 1. The van der Waals surface area contributed by atoms with Gasteiger partial charge in [0.15, 0.2) is 0 Å². The monoisotopic (exact) mass is 381 g/mol. The van der Waals surface area contributed by atoms with Crippen molar-refractivity contribution in [3.63, 3.8) is 0 Å². The molecule has 11 heteroatoms. The molecule has 3 heterocycles. The van der Waals surface area contributed by atoms with Gasteiger partial charge in [-0.2, -0.15) is 13.9 Å². The van der Waals surface area contributed by atoms with Crippen LogP contribution < -0.4 is 0 Å². The number of ether oxygens (including phenoxy) is 1. The minimum Gasteiger partial charge on any atom is -0.465 e. The van der Waals surface area contributed by atoms with Crippen molar-refractivity contribution in [3.8, 4) is 0 Å². The molecule has 0 saturated carbocycles. The molecule has 0 aromatic carbocycles. The fraction of sp³-hybridized carbons (Fsp3) is 0.733. The number of carboxylic acid groups (broad SMARTS) is 1. The van der Waals surface area contributed by atoms with E-state index < -0.39 is 49.4 Å². The van der Waals surface area contributed by atoms with Gasteiger partial charge in [0.05, 0.1) is 25.4 Å². The molecule has 0 spiro atoms. The van der Waals surface area contributed by atoms with E-state index in [1.807, 2.05) is 0 Å². The second-order valence-corrected chi connectivity index (χ2v) is 6.72. The van der Waals surface area contributed by atoms with E-state index >= 15 is 0 Å². The van der Waals surface area contributed by atoms with Gasteiger partial charge in [-0.15, -0.1) is 0 Å². The van der Waals surface area contributed by atoms with Gasteiger partial charge < -0.3 is 19.8 Å². The first-order valence-electron chi connectivity index (χ1n) is 8.14. The highest BCUT2D eigenvalue weighted by molar-refractivity contribution is 5.65. The summed E-state index contributed by atoms with van der Waals surface area (Å²) in [5.41, 5.74) is -1.65. The summed E-state index contributed by atoms with van der Waals surface area (Å²) in [5, 5.41) is 23.8.